The number of quaternary nitrogens is 1. The van der Waals surface area contributed by atoms with Crippen molar-refractivity contribution in [2.45, 2.75) is 25.0 Å². The van der Waals surface area contributed by atoms with Crippen molar-refractivity contribution in [1.82, 2.24) is 4.90 Å². The molecular formula is C21H19FN3O3+. The van der Waals surface area contributed by atoms with E-state index in [0.717, 1.165) is 5.56 Å². The Hall–Kier alpha value is -3.06. The number of nitrogens with two attached hydrogens (primary N) is 1. The molecule has 3 amide bonds. The Morgan fingerprint density at radius 2 is 1.79 bits per heavy atom. The first-order valence-corrected chi connectivity index (χ1v) is 9.30. The molecule has 7 heteroatoms. The largest absolute Gasteiger partial charge is 0.326 e. The molecule has 0 radical (unpaired) electrons. The van der Waals surface area contributed by atoms with Gasteiger partial charge >= 0.3 is 0 Å². The predicted molar refractivity (Wildman–Crippen MR) is 97.1 cm³/mol. The zero-order chi connectivity index (χ0) is 19.6. The summed E-state index contributed by atoms with van der Waals surface area (Å²) in [6, 6.07) is 12.8. The molecule has 6 nitrogen and oxygen atoms in total. The number of imide groups is 1. The summed E-state index contributed by atoms with van der Waals surface area (Å²) >= 11 is 0. The van der Waals surface area contributed by atoms with Crippen LogP contribution in [0, 0.1) is 17.7 Å². The van der Waals surface area contributed by atoms with Crippen molar-refractivity contribution in [2.75, 3.05) is 5.32 Å². The molecule has 2 aromatic carbocycles. The Morgan fingerprint density at radius 3 is 2.54 bits per heavy atom. The summed E-state index contributed by atoms with van der Waals surface area (Å²) in [7, 11) is 0. The van der Waals surface area contributed by atoms with Gasteiger partial charge < -0.3 is 10.6 Å². The second kappa shape index (κ2) is 5.72. The molecule has 28 heavy (non-hydrogen) atoms. The molecule has 0 bridgehead atoms. The van der Waals surface area contributed by atoms with Gasteiger partial charge in [0.15, 0.2) is 0 Å². The predicted octanol–water partition coefficient (Wildman–Crippen LogP) is 0.740. The second-order valence-corrected chi connectivity index (χ2v) is 7.79. The van der Waals surface area contributed by atoms with Crippen molar-refractivity contribution in [1.29, 1.82) is 0 Å². The van der Waals surface area contributed by atoms with Crippen molar-refractivity contribution < 1.29 is 24.1 Å². The summed E-state index contributed by atoms with van der Waals surface area (Å²) in [5.41, 5.74) is 0.994. The van der Waals surface area contributed by atoms with E-state index in [1.165, 1.54) is 17.0 Å². The first-order valence-electron chi connectivity index (χ1n) is 9.30. The van der Waals surface area contributed by atoms with Crippen molar-refractivity contribution in [3.8, 4) is 0 Å². The minimum atomic E-state index is -1.12. The summed E-state index contributed by atoms with van der Waals surface area (Å²) in [5, 5.41) is 4.75. The lowest BCUT2D eigenvalue weighted by Crippen LogP contribution is -2.98. The standard InChI is InChI=1S/C21H18FN3O3/c1-11-16-17(21(24-11)14-4-2-3-5-15(14)23-20(21)28)19(27)25(18(16)26)10-12-6-8-13(22)9-7-12/h2-9,11,16-17,24H,10H2,1H3,(H,23,28)/p+1/t11-,16+,17+,21-/m0/s1. The number of amides is 3. The van der Waals surface area contributed by atoms with Crippen LogP contribution in [0.1, 0.15) is 18.1 Å². The summed E-state index contributed by atoms with van der Waals surface area (Å²) in [4.78, 5) is 40.7. The number of nitrogens with one attached hydrogen (secondary N) is 1. The molecule has 3 N–H and O–H groups in total. The van der Waals surface area contributed by atoms with Gasteiger partial charge in [-0.3, -0.25) is 19.3 Å². The van der Waals surface area contributed by atoms with Crippen molar-refractivity contribution >= 4 is 23.4 Å². The number of likely N-dealkylation sites (tertiary alicyclic amines) is 1. The molecule has 4 atom stereocenters. The molecule has 1 spiro atoms. The maximum absolute atomic E-state index is 13.4. The third kappa shape index (κ3) is 2.08. The van der Waals surface area contributed by atoms with E-state index < -0.39 is 17.4 Å². The van der Waals surface area contributed by atoms with Gasteiger partial charge in [0, 0.05) is 5.56 Å². The molecule has 0 aromatic heterocycles. The van der Waals surface area contributed by atoms with E-state index in [4.69, 9.17) is 0 Å². The third-order valence-corrected chi connectivity index (χ3v) is 6.28. The van der Waals surface area contributed by atoms with Gasteiger partial charge in [-0.05, 0) is 30.7 Å². The maximum Gasteiger partial charge on any atom is 0.291 e. The molecule has 3 aliphatic rings. The van der Waals surface area contributed by atoms with Crippen LogP contribution in [0.2, 0.25) is 0 Å². The van der Waals surface area contributed by atoms with Gasteiger partial charge in [0.1, 0.15) is 17.7 Å². The fourth-order valence-electron chi connectivity index (χ4n) is 5.08. The van der Waals surface area contributed by atoms with Gasteiger partial charge in [0.05, 0.1) is 18.3 Å². The van der Waals surface area contributed by atoms with Gasteiger partial charge in [-0.2, -0.15) is 0 Å². The maximum atomic E-state index is 13.4. The van der Waals surface area contributed by atoms with Crippen LogP contribution < -0.4 is 10.6 Å². The van der Waals surface area contributed by atoms with E-state index in [1.807, 2.05) is 36.5 Å². The van der Waals surface area contributed by atoms with Crippen molar-refractivity contribution in [3.63, 3.8) is 0 Å². The van der Waals surface area contributed by atoms with Gasteiger partial charge in [-0.25, -0.2) is 4.39 Å². The number of halogens is 1. The van der Waals surface area contributed by atoms with Crippen LogP contribution in [0.15, 0.2) is 48.5 Å². The average Bonchev–Trinajstić information content (AvgIpc) is 3.23. The SMILES string of the molecule is C[C@@H]1[NH2+][C@]2(C(=O)Nc3ccccc32)[C@H]2C(=O)N(Cc3ccc(F)cc3)C(=O)[C@H]12. The molecule has 142 valence electrons. The van der Waals surface area contributed by atoms with Gasteiger partial charge in [0.25, 0.3) is 5.91 Å². The van der Waals surface area contributed by atoms with E-state index in [2.05, 4.69) is 5.32 Å². The molecule has 2 aromatic rings. The molecule has 0 saturated carbocycles. The third-order valence-electron chi connectivity index (χ3n) is 6.28. The summed E-state index contributed by atoms with van der Waals surface area (Å²) in [6.45, 7) is 1.96. The lowest BCUT2D eigenvalue weighted by atomic mass is 9.76. The van der Waals surface area contributed by atoms with E-state index in [9.17, 15) is 18.8 Å². The average molecular weight is 380 g/mol. The number of benzene rings is 2. The summed E-state index contributed by atoms with van der Waals surface area (Å²) < 4.78 is 13.2. The fraction of sp³-hybridized carbons (Fsp3) is 0.286. The summed E-state index contributed by atoms with van der Waals surface area (Å²) in [6.07, 6.45) is 0. The van der Waals surface area contributed by atoms with Gasteiger partial charge in [-0.15, -0.1) is 0 Å². The number of carbonyl (C=O) groups excluding carboxylic acids is 3. The Morgan fingerprint density at radius 1 is 1.07 bits per heavy atom. The summed E-state index contributed by atoms with van der Waals surface area (Å²) in [5.74, 6) is -2.55. The van der Waals surface area contributed by atoms with Gasteiger partial charge in [-0.1, -0.05) is 30.3 Å². The van der Waals surface area contributed by atoms with Crippen LogP contribution in [-0.2, 0) is 26.5 Å². The number of fused-ring (bicyclic) bond motifs is 4. The topological polar surface area (TPSA) is 83.1 Å². The normalized spacial score (nSPS) is 30.7. The lowest BCUT2D eigenvalue weighted by Gasteiger charge is -2.25. The molecule has 5 rings (SSSR count). The van der Waals surface area contributed by atoms with E-state index >= 15 is 0 Å². The van der Waals surface area contributed by atoms with Crippen molar-refractivity contribution in [2.24, 2.45) is 11.8 Å². The lowest BCUT2D eigenvalue weighted by molar-refractivity contribution is -0.730. The van der Waals surface area contributed by atoms with Crippen LogP contribution in [0.25, 0.3) is 0 Å². The number of anilines is 1. The zero-order valence-electron chi connectivity index (χ0n) is 15.2. The second-order valence-electron chi connectivity index (χ2n) is 7.79. The van der Waals surface area contributed by atoms with Crippen LogP contribution in [0.4, 0.5) is 10.1 Å². The Kier molecular flexibility index (Phi) is 3.49. The van der Waals surface area contributed by atoms with Crippen LogP contribution >= 0.6 is 0 Å². The van der Waals surface area contributed by atoms with Crippen LogP contribution in [-0.4, -0.2) is 28.7 Å². The molecule has 3 aliphatic heterocycles. The van der Waals surface area contributed by atoms with E-state index in [1.54, 1.807) is 12.1 Å². The number of nitrogens with zero attached hydrogens (tertiary/aromatic N) is 1. The number of para-hydroxylation sites is 1. The Labute approximate surface area is 160 Å². The highest BCUT2D eigenvalue weighted by Crippen LogP contribution is 2.48. The molecule has 3 heterocycles. The minimum absolute atomic E-state index is 0.0804. The van der Waals surface area contributed by atoms with Crippen LogP contribution in [0.3, 0.4) is 0 Å². The van der Waals surface area contributed by atoms with Crippen LogP contribution in [0.5, 0.6) is 0 Å². The molecule has 0 unspecified atom stereocenters. The van der Waals surface area contributed by atoms with E-state index in [-0.39, 0.29) is 36.1 Å². The highest BCUT2D eigenvalue weighted by atomic mass is 19.1. The van der Waals surface area contributed by atoms with E-state index in [0.29, 0.717) is 11.3 Å². The number of carbonyl (C=O) groups is 3. The highest BCUT2D eigenvalue weighted by molar-refractivity contribution is 6.13. The molecule has 2 saturated heterocycles. The zero-order valence-corrected chi connectivity index (χ0v) is 15.2. The number of hydrogen-bond acceptors (Lipinski definition) is 3. The minimum Gasteiger partial charge on any atom is -0.326 e. The first-order chi connectivity index (χ1) is 13.4. The number of rotatable bonds is 2. The first kappa shape index (κ1) is 17.1. The molecular weight excluding hydrogens is 361 g/mol. The van der Waals surface area contributed by atoms with Crippen molar-refractivity contribution in [3.05, 3.63) is 65.5 Å². The quantitative estimate of drug-likeness (QED) is 0.754. The number of hydrogen-bond donors (Lipinski definition) is 2. The monoisotopic (exact) mass is 380 g/mol. The fourth-order valence-corrected chi connectivity index (χ4v) is 5.08. The molecule has 0 aliphatic carbocycles. The highest BCUT2D eigenvalue weighted by Gasteiger charge is 2.73. The Bertz CT molecular complexity index is 1020. The Balaban J connectivity index is 1.56. The van der Waals surface area contributed by atoms with Gasteiger partial charge in [0.2, 0.25) is 17.4 Å². The smallest absolute Gasteiger partial charge is 0.291 e. The molecule has 2 fully saturated rings.